The van der Waals surface area contributed by atoms with Gasteiger partial charge in [-0.15, -0.1) is 0 Å². The maximum Gasteiger partial charge on any atom is 0.117 e. The fourth-order valence-corrected chi connectivity index (χ4v) is 2.64. The van der Waals surface area contributed by atoms with Gasteiger partial charge in [0.05, 0.1) is 12.2 Å². The fraction of sp³-hybridized carbons (Fsp3) is 0.857. The second-order valence-corrected chi connectivity index (χ2v) is 5.81. The largest absolute Gasteiger partial charge is 0.370 e. The van der Waals surface area contributed by atoms with Crippen molar-refractivity contribution in [3.63, 3.8) is 0 Å². The number of hydrogen-bond donors (Lipinski definition) is 0. The third-order valence-corrected chi connectivity index (χ3v) is 3.44. The third kappa shape index (κ3) is 2.48. The van der Waals surface area contributed by atoms with Gasteiger partial charge in [-0.05, 0) is 27.7 Å². The summed E-state index contributed by atoms with van der Waals surface area (Å²) in [4.78, 5) is 0. The Bertz CT molecular complexity index is 307. The first kappa shape index (κ1) is 12.6. The highest BCUT2D eigenvalue weighted by Gasteiger charge is 2.57. The molecule has 4 heteroatoms. The van der Waals surface area contributed by atoms with Crippen LogP contribution in [-0.4, -0.2) is 48.8 Å². The Kier molecular flexibility index (Phi) is 3.22. The minimum absolute atomic E-state index is 0.0302. The van der Waals surface area contributed by atoms with Crippen LogP contribution in [0, 0.1) is 0 Å². The summed E-state index contributed by atoms with van der Waals surface area (Å²) >= 11 is 0. The first-order chi connectivity index (χ1) is 8.56. The van der Waals surface area contributed by atoms with Gasteiger partial charge in [-0.25, -0.2) is 0 Å². The van der Waals surface area contributed by atoms with E-state index in [-0.39, 0.29) is 48.8 Å². The Labute approximate surface area is 108 Å². The summed E-state index contributed by atoms with van der Waals surface area (Å²) in [6.45, 7) is 8.18. The SMILES string of the molecule is CC(C)O[C@@H]1[C@H](OC(C)C)[C@H]2O[C@H]2C=C[C@H]2O[C@@H]12. The van der Waals surface area contributed by atoms with Crippen molar-refractivity contribution in [2.45, 2.75) is 76.5 Å². The van der Waals surface area contributed by atoms with Crippen LogP contribution in [0.2, 0.25) is 0 Å². The average Bonchev–Trinajstić information content (AvgIpc) is 3.13. The molecule has 4 nitrogen and oxygen atoms in total. The van der Waals surface area contributed by atoms with Gasteiger partial charge < -0.3 is 18.9 Å². The molecule has 102 valence electrons. The normalized spacial score (nSPS) is 45.4. The van der Waals surface area contributed by atoms with Gasteiger partial charge in [-0.1, -0.05) is 12.2 Å². The highest BCUT2D eigenvalue weighted by Crippen LogP contribution is 2.41. The molecule has 2 heterocycles. The van der Waals surface area contributed by atoms with E-state index in [0.717, 1.165) is 0 Å². The lowest BCUT2D eigenvalue weighted by Gasteiger charge is -2.29. The summed E-state index contributed by atoms with van der Waals surface area (Å²) in [6, 6.07) is 0. The van der Waals surface area contributed by atoms with Crippen LogP contribution in [0.25, 0.3) is 0 Å². The van der Waals surface area contributed by atoms with Crippen molar-refractivity contribution in [2.24, 2.45) is 0 Å². The summed E-state index contributed by atoms with van der Waals surface area (Å²) in [5.74, 6) is 0. The molecule has 0 saturated carbocycles. The molecule has 0 spiro atoms. The Morgan fingerprint density at radius 1 is 0.778 bits per heavy atom. The molecule has 2 aliphatic heterocycles. The van der Waals surface area contributed by atoms with E-state index in [4.69, 9.17) is 18.9 Å². The first-order valence-electron chi connectivity index (χ1n) is 6.86. The van der Waals surface area contributed by atoms with Crippen LogP contribution in [0.3, 0.4) is 0 Å². The summed E-state index contributed by atoms with van der Waals surface area (Å²) in [7, 11) is 0. The van der Waals surface area contributed by atoms with Crippen molar-refractivity contribution in [3.8, 4) is 0 Å². The number of ether oxygens (including phenoxy) is 4. The number of hydrogen-bond acceptors (Lipinski definition) is 4. The van der Waals surface area contributed by atoms with E-state index in [1.54, 1.807) is 0 Å². The molecule has 0 aromatic heterocycles. The van der Waals surface area contributed by atoms with Crippen molar-refractivity contribution in [1.29, 1.82) is 0 Å². The Morgan fingerprint density at radius 3 is 1.50 bits per heavy atom. The smallest absolute Gasteiger partial charge is 0.117 e. The standard InChI is InChI=1S/C14H22O4/c1-7(2)15-13-11-9(17-11)5-6-10-12(18-10)14(13)16-8(3)4/h5-14H,1-4H3/t9-,10+,11-,12+,13+,14-. The van der Waals surface area contributed by atoms with Crippen molar-refractivity contribution in [3.05, 3.63) is 12.2 Å². The first-order valence-corrected chi connectivity index (χ1v) is 6.86. The molecule has 0 aromatic rings. The molecule has 0 radical (unpaired) electrons. The van der Waals surface area contributed by atoms with E-state index in [9.17, 15) is 0 Å². The van der Waals surface area contributed by atoms with Gasteiger partial charge in [0.2, 0.25) is 0 Å². The lowest BCUT2D eigenvalue weighted by Crippen LogP contribution is -2.44. The van der Waals surface area contributed by atoms with E-state index < -0.39 is 0 Å². The summed E-state index contributed by atoms with van der Waals surface area (Å²) in [5.41, 5.74) is 0. The Morgan fingerprint density at radius 2 is 1.17 bits per heavy atom. The molecule has 6 atom stereocenters. The average molecular weight is 254 g/mol. The van der Waals surface area contributed by atoms with Crippen molar-refractivity contribution < 1.29 is 18.9 Å². The van der Waals surface area contributed by atoms with Gasteiger partial charge in [-0.3, -0.25) is 0 Å². The second kappa shape index (κ2) is 4.60. The van der Waals surface area contributed by atoms with Gasteiger partial charge >= 0.3 is 0 Å². The molecule has 2 saturated heterocycles. The van der Waals surface area contributed by atoms with Gasteiger partial charge in [0.1, 0.15) is 36.6 Å². The van der Waals surface area contributed by atoms with Gasteiger partial charge in [-0.2, -0.15) is 0 Å². The summed E-state index contributed by atoms with van der Waals surface area (Å²) in [5, 5.41) is 0. The maximum absolute atomic E-state index is 6.03. The highest BCUT2D eigenvalue weighted by molar-refractivity contribution is 5.18. The topological polar surface area (TPSA) is 43.5 Å². The molecule has 18 heavy (non-hydrogen) atoms. The van der Waals surface area contributed by atoms with E-state index in [2.05, 4.69) is 12.2 Å². The zero-order chi connectivity index (χ0) is 12.9. The van der Waals surface area contributed by atoms with Gasteiger partial charge in [0.25, 0.3) is 0 Å². The molecule has 0 amide bonds. The minimum Gasteiger partial charge on any atom is -0.370 e. The Balaban J connectivity index is 1.78. The molecule has 1 aliphatic carbocycles. The Hall–Kier alpha value is -0.420. The number of fused-ring (bicyclic) bond motifs is 2. The van der Waals surface area contributed by atoms with Crippen molar-refractivity contribution in [1.82, 2.24) is 0 Å². The number of epoxide rings is 2. The van der Waals surface area contributed by atoms with Crippen LogP contribution < -0.4 is 0 Å². The summed E-state index contributed by atoms with van der Waals surface area (Å²) in [6.07, 6.45) is 5.06. The molecular weight excluding hydrogens is 232 g/mol. The molecule has 0 unspecified atom stereocenters. The predicted octanol–water partition coefficient (Wildman–Crippen LogP) is 1.68. The molecule has 0 aromatic carbocycles. The molecule has 2 fully saturated rings. The second-order valence-electron chi connectivity index (χ2n) is 5.81. The molecule has 0 bridgehead atoms. The summed E-state index contributed by atoms with van der Waals surface area (Å²) < 4.78 is 23.4. The monoisotopic (exact) mass is 254 g/mol. The van der Waals surface area contributed by atoms with Crippen LogP contribution in [0.1, 0.15) is 27.7 Å². The van der Waals surface area contributed by atoms with E-state index in [1.807, 2.05) is 27.7 Å². The van der Waals surface area contributed by atoms with Crippen LogP contribution in [0.4, 0.5) is 0 Å². The maximum atomic E-state index is 6.03. The lowest BCUT2D eigenvalue weighted by atomic mass is 9.99. The molecule has 3 aliphatic rings. The molecule has 0 N–H and O–H groups in total. The lowest BCUT2D eigenvalue weighted by molar-refractivity contribution is -0.126. The van der Waals surface area contributed by atoms with Crippen LogP contribution in [0.15, 0.2) is 12.2 Å². The van der Waals surface area contributed by atoms with Crippen molar-refractivity contribution >= 4 is 0 Å². The predicted molar refractivity (Wildman–Crippen MR) is 66.5 cm³/mol. The van der Waals surface area contributed by atoms with E-state index >= 15 is 0 Å². The minimum atomic E-state index is -0.0302. The third-order valence-electron chi connectivity index (χ3n) is 3.44. The van der Waals surface area contributed by atoms with E-state index in [0.29, 0.717) is 0 Å². The van der Waals surface area contributed by atoms with Crippen LogP contribution >= 0.6 is 0 Å². The van der Waals surface area contributed by atoms with Gasteiger partial charge in [0, 0.05) is 0 Å². The van der Waals surface area contributed by atoms with Gasteiger partial charge in [0.15, 0.2) is 0 Å². The quantitative estimate of drug-likeness (QED) is 0.565. The van der Waals surface area contributed by atoms with Crippen molar-refractivity contribution in [2.75, 3.05) is 0 Å². The zero-order valence-corrected chi connectivity index (χ0v) is 11.4. The molecular formula is C14H22O4. The van der Waals surface area contributed by atoms with Crippen LogP contribution in [-0.2, 0) is 18.9 Å². The fourth-order valence-electron chi connectivity index (χ4n) is 2.64. The van der Waals surface area contributed by atoms with Crippen LogP contribution in [0.5, 0.6) is 0 Å². The highest BCUT2D eigenvalue weighted by atomic mass is 16.7. The number of rotatable bonds is 4. The van der Waals surface area contributed by atoms with E-state index in [1.165, 1.54) is 0 Å². The molecule has 3 rings (SSSR count). The zero-order valence-electron chi connectivity index (χ0n) is 11.4.